The molecule has 0 atom stereocenters. The number of rotatable bonds is 4. The number of aromatic nitrogens is 3. The fourth-order valence-corrected chi connectivity index (χ4v) is 1.51. The molecule has 0 fully saturated rings. The summed E-state index contributed by atoms with van der Waals surface area (Å²) in [7, 11) is 4.14. The number of likely N-dealkylation sites (N-methyl/N-ethyl adjacent to an activating group) is 1. The van der Waals surface area contributed by atoms with Gasteiger partial charge in [0.05, 0.1) is 0 Å². The number of hydrogen-bond donors (Lipinski definition) is 1. The van der Waals surface area contributed by atoms with E-state index in [4.69, 9.17) is 0 Å². The predicted octanol–water partition coefficient (Wildman–Crippen LogP) is 1.79. The summed E-state index contributed by atoms with van der Waals surface area (Å²) in [5, 5.41) is 7.68. The molecular weight excluding hydrogens is 226 g/mol. The van der Waals surface area contributed by atoms with E-state index < -0.39 is 0 Å². The van der Waals surface area contributed by atoms with Crippen molar-refractivity contribution in [3.8, 4) is 0 Å². The molecule has 0 saturated carbocycles. The zero-order valence-corrected chi connectivity index (χ0v) is 11.7. The molecule has 0 amide bonds. The zero-order valence-electron chi connectivity index (χ0n) is 11.7. The van der Waals surface area contributed by atoms with Crippen LogP contribution in [0.5, 0.6) is 0 Å². The van der Waals surface area contributed by atoms with Crippen molar-refractivity contribution in [3.05, 3.63) is 23.9 Å². The number of aryl methyl sites for hydroxylation is 1. The molecule has 18 heavy (non-hydrogen) atoms. The predicted molar refractivity (Wildman–Crippen MR) is 74.0 cm³/mol. The van der Waals surface area contributed by atoms with Crippen LogP contribution in [-0.4, -0.2) is 45.7 Å². The molecule has 2 heterocycles. The van der Waals surface area contributed by atoms with Crippen molar-refractivity contribution in [3.63, 3.8) is 0 Å². The van der Waals surface area contributed by atoms with E-state index in [0.717, 1.165) is 12.2 Å². The number of fused-ring (bicyclic) bond motifs is 1. The molecule has 0 radical (unpaired) electrons. The first-order valence-corrected chi connectivity index (χ1v) is 6.13. The number of pyridine rings is 1. The van der Waals surface area contributed by atoms with Crippen molar-refractivity contribution in [1.29, 1.82) is 0 Å². The number of nitrogens with one attached hydrogen (secondary N) is 1. The van der Waals surface area contributed by atoms with Crippen molar-refractivity contribution in [2.45, 2.75) is 26.3 Å². The molecule has 0 aliphatic heterocycles. The molecule has 0 bridgehead atoms. The van der Waals surface area contributed by atoms with Crippen molar-refractivity contribution in [2.75, 3.05) is 26.0 Å². The first-order chi connectivity index (χ1) is 8.38. The molecule has 0 aromatic carbocycles. The average Bonchev–Trinajstić information content (AvgIpc) is 2.68. The SMILES string of the molecule is Cc1ccn2nc(NCC(C)(C)N(C)C)nc2c1. The Morgan fingerprint density at radius 3 is 2.78 bits per heavy atom. The summed E-state index contributed by atoms with van der Waals surface area (Å²) >= 11 is 0. The third kappa shape index (κ3) is 2.61. The molecule has 2 rings (SSSR count). The monoisotopic (exact) mass is 247 g/mol. The molecule has 2 aromatic heterocycles. The standard InChI is InChI=1S/C13H21N5/c1-10-6-7-18-11(8-10)15-12(16-18)14-9-13(2,3)17(4)5/h6-8H,9H2,1-5H3,(H,14,16). The van der Waals surface area contributed by atoms with Gasteiger partial charge < -0.3 is 10.2 Å². The van der Waals surface area contributed by atoms with Crippen LogP contribution in [0.2, 0.25) is 0 Å². The van der Waals surface area contributed by atoms with Gasteiger partial charge in [0.15, 0.2) is 5.65 Å². The summed E-state index contributed by atoms with van der Waals surface area (Å²) in [6.45, 7) is 7.21. The molecule has 1 N–H and O–H groups in total. The minimum Gasteiger partial charge on any atom is -0.351 e. The highest BCUT2D eigenvalue weighted by atomic mass is 15.3. The quantitative estimate of drug-likeness (QED) is 0.894. The molecule has 5 heteroatoms. The van der Waals surface area contributed by atoms with Gasteiger partial charge in [0.25, 0.3) is 0 Å². The van der Waals surface area contributed by atoms with Crippen LogP contribution in [0.3, 0.4) is 0 Å². The van der Waals surface area contributed by atoms with Crippen LogP contribution in [-0.2, 0) is 0 Å². The summed E-state index contributed by atoms with van der Waals surface area (Å²) in [5.74, 6) is 0.676. The second-order valence-corrected chi connectivity index (χ2v) is 5.50. The van der Waals surface area contributed by atoms with Crippen molar-refractivity contribution in [2.24, 2.45) is 0 Å². The Morgan fingerprint density at radius 2 is 2.11 bits per heavy atom. The van der Waals surface area contributed by atoms with E-state index in [9.17, 15) is 0 Å². The maximum absolute atomic E-state index is 4.46. The van der Waals surface area contributed by atoms with Crippen molar-refractivity contribution < 1.29 is 0 Å². The molecule has 0 spiro atoms. The van der Waals surface area contributed by atoms with Gasteiger partial charge in [0.2, 0.25) is 5.95 Å². The van der Waals surface area contributed by atoms with E-state index in [1.54, 1.807) is 4.52 Å². The number of nitrogens with zero attached hydrogens (tertiary/aromatic N) is 4. The second-order valence-electron chi connectivity index (χ2n) is 5.50. The van der Waals surface area contributed by atoms with Gasteiger partial charge in [-0.05, 0) is 52.6 Å². The maximum atomic E-state index is 4.46. The summed E-state index contributed by atoms with van der Waals surface area (Å²) in [6.07, 6.45) is 1.93. The largest absolute Gasteiger partial charge is 0.351 e. The Kier molecular flexibility index (Phi) is 3.26. The molecule has 98 valence electrons. The minimum absolute atomic E-state index is 0.0629. The van der Waals surface area contributed by atoms with Crippen LogP contribution >= 0.6 is 0 Å². The number of hydrogen-bond acceptors (Lipinski definition) is 4. The third-order valence-corrected chi connectivity index (χ3v) is 3.38. The third-order valence-electron chi connectivity index (χ3n) is 3.38. The molecule has 2 aromatic rings. The molecule has 0 aliphatic rings. The van der Waals surface area contributed by atoms with E-state index in [1.165, 1.54) is 5.56 Å². The Bertz CT molecular complexity index is 541. The Hall–Kier alpha value is -1.62. The Labute approximate surface area is 108 Å². The van der Waals surface area contributed by atoms with Gasteiger partial charge in [0, 0.05) is 18.3 Å². The molecule has 0 saturated heterocycles. The van der Waals surface area contributed by atoms with E-state index >= 15 is 0 Å². The fraction of sp³-hybridized carbons (Fsp3) is 0.538. The van der Waals surface area contributed by atoms with Gasteiger partial charge in [0.1, 0.15) is 0 Å². The van der Waals surface area contributed by atoms with E-state index in [2.05, 4.69) is 55.2 Å². The summed E-state index contributed by atoms with van der Waals surface area (Å²) in [4.78, 5) is 6.64. The van der Waals surface area contributed by atoms with Crippen LogP contribution in [0.4, 0.5) is 5.95 Å². The van der Waals surface area contributed by atoms with Gasteiger partial charge in [-0.15, -0.1) is 5.10 Å². The van der Waals surface area contributed by atoms with Crippen LogP contribution in [0.15, 0.2) is 18.3 Å². The van der Waals surface area contributed by atoms with E-state index in [0.29, 0.717) is 5.95 Å². The summed E-state index contributed by atoms with van der Waals surface area (Å²) in [6, 6.07) is 4.05. The lowest BCUT2D eigenvalue weighted by Gasteiger charge is -2.32. The second kappa shape index (κ2) is 4.57. The fourth-order valence-electron chi connectivity index (χ4n) is 1.51. The molecular formula is C13H21N5. The lowest BCUT2D eigenvalue weighted by atomic mass is 10.1. The van der Waals surface area contributed by atoms with Gasteiger partial charge in [-0.2, -0.15) is 4.98 Å². The lowest BCUT2D eigenvalue weighted by molar-refractivity contribution is 0.210. The first-order valence-electron chi connectivity index (χ1n) is 6.13. The highest BCUT2D eigenvalue weighted by molar-refractivity contribution is 5.45. The molecule has 0 unspecified atom stereocenters. The molecule has 5 nitrogen and oxygen atoms in total. The highest BCUT2D eigenvalue weighted by Crippen LogP contribution is 2.12. The lowest BCUT2D eigenvalue weighted by Crippen LogP contribution is -2.44. The van der Waals surface area contributed by atoms with Gasteiger partial charge in [-0.25, -0.2) is 4.52 Å². The van der Waals surface area contributed by atoms with Gasteiger partial charge in [-0.3, -0.25) is 0 Å². The minimum atomic E-state index is 0.0629. The smallest absolute Gasteiger partial charge is 0.243 e. The molecule has 0 aliphatic carbocycles. The number of anilines is 1. The Balaban J connectivity index is 2.13. The van der Waals surface area contributed by atoms with Gasteiger partial charge in [-0.1, -0.05) is 0 Å². The van der Waals surface area contributed by atoms with Crippen molar-refractivity contribution >= 4 is 11.6 Å². The topological polar surface area (TPSA) is 45.5 Å². The first kappa shape index (κ1) is 12.8. The van der Waals surface area contributed by atoms with Crippen LogP contribution in [0, 0.1) is 6.92 Å². The van der Waals surface area contributed by atoms with Crippen molar-refractivity contribution in [1.82, 2.24) is 19.5 Å². The van der Waals surface area contributed by atoms with Crippen LogP contribution in [0.1, 0.15) is 19.4 Å². The normalized spacial score (nSPS) is 12.3. The zero-order chi connectivity index (χ0) is 13.3. The van der Waals surface area contributed by atoms with E-state index in [1.807, 2.05) is 18.3 Å². The Morgan fingerprint density at radius 1 is 1.39 bits per heavy atom. The average molecular weight is 247 g/mol. The van der Waals surface area contributed by atoms with E-state index in [-0.39, 0.29) is 5.54 Å². The maximum Gasteiger partial charge on any atom is 0.243 e. The highest BCUT2D eigenvalue weighted by Gasteiger charge is 2.20. The summed E-state index contributed by atoms with van der Waals surface area (Å²) < 4.78 is 1.79. The summed E-state index contributed by atoms with van der Waals surface area (Å²) in [5.41, 5.74) is 2.13. The van der Waals surface area contributed by atoms with Crippen LogP contribution < -0.4 is 5.32 Å². The van der Waals surface area contributed by atoms with Crippen LogP contribution in [0.25, 0.3) is 5.65 Å². The van der Waals surface area contributed by atoms with Gasteiger partial charge >= 0.3 is 0 Å².